The lowest BCUT2D eigenvalue weighted by Crippen LogP contribution is -2.39. The second kappa shape index (κ2) is 5.69. The number of hydrogen-bond donors (Lipinski definition) is 2. The molecule has 0 aromatic carbocycles. The number of imidazole rings is 1. The Bertz CT molecular complexity index is 512. The van der Waals surface area contributed by atoms with Gasteiger partial charge in [-0.05, 0) is 13.2 Å². The number of rotatable bonds is 6. The molecule has 0 bridgehead atoms. The van der Waals surface area contributed by atoms with Gasteiger partial charge in [0, 0.05) is 31.2 Å². The maximum atomic E-state index is 10.0. The smallest absolute Gasteiger partial charge is 0.155 e. The molecule has 0 aliphatic heterocycles. The molecule has 0 saturated carbocycles. The Morgan fingerprint density at radius 3 is 3.11 bits per heavy atom. The van der Waals surface area contributed by atoms with E-state index in [4.69, 9.17) is 0 Å². The van der Waals surface area contributed by atoms with E-state index in [1.807, 2.05) is 30.0 Å². The molecule has 1 atom stereocenters. The van der Waals surface area contributed by atoms with Gasteiger partial charge in [-0.15, -0.1) is 0 Å². The number of aromatic nitrogens is 3. The molecule has 18 heavy (non-hydrogen) atoms. The zero-order chi connectivity index (χ0) is 13.0. The van der Waals surface area contributed by atoms with Crippen LogP contribution < -0.4 is 5.32 Å². The summed E-state index contributed by atoms with van der Waals surface area (Å²) in [5.41, 5.74) is 1.22. The van der Waals surface area contributed by atoms with E-state index in [2.05, 4.69) is 15.3 Å². The van der Waals surface area contributed by atoms with Crippen LogP contribution in [0.1, 0.15) is 12.6 Å². The molecule has 0 spiro atoms. The van der Waals surface area contributed by atoms with Gasteiger partial charge in [-0.25, -0.2) is 4.98 Å². The number of aliphatic hydroxyl groups is 1. The quantitative estimate of drug-likeness (QED) is 0.814. The predicted molar refractivity (Wildman–Crippen MR) is 73.7 cm³/mol. The normalized spacial score (nSPS) is 14.8. The van der Waals surface area contributed by atoms with Gasteiger partial charge in [0.25, 0.3) is 0 Å². The molecule has 0 aliphatic carbocycles. The third-order valence-electron chi connectivity index (χ3n) is 2.66. The van der Waals surface area contributed by atoms with Crippen LogP contribution in [0.15, 0.2) is 24.8 Å². The first-order chi connectivity index (χ1) is 8.62. The van der Waals surface area contributed by atoms with Crippen molar-refractivity contribution in [3.8, 4) is 0 Å². The highest BCUT2D eigenvalue weighted by molar-refractivity contribution is 7.98. The first kappa shape index (κ1) is 13.3. The van der Waals surface area contributed by atoms with Gasteiger partial charge >= 0.3 is 0 Å². The van der Waals surface area contributed by atoms with Gasteiger partial charge in [0.2, 0.25) is 0 Å². The molecule has 0 saturated heterocycles. The highest BCUT2D eigenvalue weighted by atomic mass is 32.2. The summed E-state index contributed by atoms with van der Waals surface area (Å²) < 4.78 is 1.99. The van der Waals surface area contributed by atoms with Crippen LogP contribution >= 0.6 is 11.8 Å². The largest absolute Gasteiger partial charge is 0.388 e. The summed E-state index contributed by atoms with van der Waals surface area (Å²) in [6.07, 6.45) is 9.17. The Balaban J connectivity index is 1.94. The zero-order valence-electron chi connectivity index (χ0n) is 10.6. The van der Waals surface area contributed by atoms with Gasteiger partial charge in [0.05, 0.1) is 23.7 Å². The molecule has 2 N–H and O–H groups in total. The summed E-state index contributed by atoms with van der Waals surface area (Å²) in [6.45, 7) is 3.08. The fraction of sp³-hybridized carbons (Fsp3) is 0.500. The molecule has 0 fully saturated rings. The third-order valence-corrected chi connectivity index (χ3v) is 3.57. The average Bonchev–Trinajstić information content (AvgIpc) is 2.73. The van der Waals surface area contributed by atoms with Crippen LogP contribution in [-0.4, -0.2) is 43.6 Å². The van der Waals surface area contributed by atoms with E-state index < -0.39 is 5.60 Å². The summed E-state index contributed by atoms with van der Waals surface area (Å²) in [6, 6.07) is 0. The Morgan fingerprint density at radius 1 is 1.50 bits per heavy atom. The van der Waals surface area contributed by atoms with Crippen molar-refractivity contribution in [3.05, 3.63) is 30.5 Å². The SMILES string of the molecule is CSCC(C)(O)CNCc1cnc2cnccn12. The van der Waals surface area contributed by atoms with Crippen LogP contribution in [0, 0.1) is 0 Å². The second-order valence-corrected chi connectivity index (χ2v) is 5.45. The molecule has 2 aromatic rings. The Labute approximate surface area is 111 Å². The summed E-state index contributed by atoms with van der Waals surface area (Å²) in [7, 11) is 0. The second-order valence-electron chi connectivity index (χ2n) is 4.59. The standard InChI is InChI=1S/C12H18N4OS/c1-12(17,9-18-2)8-14-5-10-6-15-11-7-13-3-4-16(10)11/h3-4,6-7,14,17H,5,8-9H2,1-2H3. The molecule has 2 heterocycles. The van der Waals surface area contributed by atoms with Gasteiger partial charge in [-0.3, -0.25) is 9.38 Å². The molecule has 6 heteroatoms. The van der Waals surface area contributed by atoms with Crippen molar-refractivity contribution in [2.45, 2.75) is 19.1 Å². The summed E-state index contributed by atoms with van der Waals surface area (Å²) >= 11 is 1.64. The first-order valence-electron chi connectivity index (χ1n) is 5.80. The van der Waals surface area contributed by atoms with Crippen molar-refractivity contribution in [2.75, 3.05) is 18.6 Å². The van der Waals surface area contributed by atoms with E-state index in [1.165, 1.54) is 0 Å². The van der Waals surface area contributed by atoms with Gasteiger partial charge in [-0.1, -0.05) is 0 Å². The lowest BCUT2D eigenvalue weighted by Gasteiger charge is -2.22. The number of hydrogen-bond acceptors (Lipinski definition) is 5. The molecule has 98 valence electrons. The van der Waals surface area contributed by atoms with Crippen molar-refractivity contribution in [1.29, 1.82) is 0 Å². The van der Waals surface area contributed by atoms with E-state index >= 15 is 0 Å². The molecule has 0 radical (unpaired) electrons. The molecule has 2 rings (SSSR count). The highest BCUT2D eigenvalue weighted by Crippen LogP contribution is 2.10. The van der Waals surface area contributed by atoms with Crippen LogP contribution in [0.4, 0.5) is 0 Å². The first-order valence-corrected chi connectivity index (χ1v) is 7.20. The third kappa shape index (κ3) is 3.22. The van der Waals surface area contributed by atoms with Crippen molar-refractivity contribution in [3.63, 3.8) is 0 Å². The topological polar surface area (TPSA) is 62.5 Å². The summed E-state index contributed by atoms with van der Waals surface area (Å²) in [4.78, 5) is 8.29. The summed E-state index contributed by atoms with van der Waals surface area (Å²) in [5.74, 6) is 0.719. The predicted octanol–water partition coefficient (Wildman–Crippen LogP) is 0.933. The van der Waals surface area contributed by atoms with Crippen molar-refractivity contribution >= 4 is 17.4 Å². The maximum Gasteiger partial charge on any atom is 0.155 e. The van der Waals surface area contributed by atoms with E-state index in [9.17, 15) is 5.11 Å². The molecular formula is C12H18N4OS. The van der Waals surface area contributed by atoms with E-state index in [0.717, 1.165) is 17.1 Å². The monoisotopic (exact) mass is 266 g/mol. The Kier molecular flexibility index (Phi) is 4.21. The minimum atomic E-state index is -0.679. The van der Waals surface area contributed by atoms with Crippen LogP contribution in [0.5, 0.6) is 0 Å². The van der Waals surface area contributed by atoms with Crippen LogP contribution in [0.25, 0.3) is 5.65 Å². The number of thioether (sulfide) groups is 1. The van der Waals surface area contributed by atoms with Gasteiger partial charge in [0.15, 0.2) is 5.65 Å². The zero-order valence-corrected chi connectivity index (χ0v) is 11.4. The van der Waals surface area contributed by atoms with Crippen LogP contribution in [0.2, 0.25) is 0 Å². The highest BCUT2D eigenvalue weighted by Gasteiger charge is 2.18. The van der Waals surface area contributed by atoms with E-state index in [1.54, 1.807) is 24.2 Å². The Hall–Kier alpha value is -1.11. The van der Waals surface area contributed by atoms with Gasteiger partial charge < -0.3 is 10.4 Å². The maximum absolute atomic E-state index is 10.0. The molecule has 2 aromatic heterocycles. The van der Waals surface area contributed by atoms with Gasteiger partial charge in [0.1, 0.15) is 0 Å². The van der Waals surface area contributed by atoms with Crippen molar-refractivity contribution in [2.24, 2.45) is 0 Å². The number of nitrogens with zero attached hydrogens (tertiary/aromatic N) is 3. The lowest BCUT2D eigenvalue weighted by molar-refractivity contribution is 0.0845. The van der Waals surface area contributed by atoms with Crippen LogP contribution in [0.3, 0.4) is 0 Å². The number of fused-ring (bicyclic) bond motifs is 1. The van der Waals surface area contributed by atoms with Crippen molar-refractivity contribution < 1.29 is 5.11 Å². The fourth-order valence-corrected chi connectivity index (χ4v) is 2.57. The van der Waals surface area contributed by atoms with E-state index in [-0.39, 0.29) is 0 Å². The van der Waals surface area contributed by atoms with Crippen molar-refractivity contribution in [1.82, 2.24) is 19.7 Å². The lowest BCUT2D eigenvalue weighted by atomic mass is 10.1. The van der Waals surface area contributed by atoms with Crippen LogP contribution in [-0.2, 0) is 6.54 Å². The molecule has 1 unspecified atom stereocenters. The fourth-order valence-electron chi connectivity index (χ4n) is 1.85. The Morgan fingerprint density at radius 2 is 2.33 bits per heavy atom. The molecule has 0 aliphatic rings. The molecule has 5 nitrogen and oxygen atoms in total. The summed E-state index contributed by atoms with van der Waals surface area (Å²) in [5, 5.41) is 13.3. The van der Waals surface area contributed by atoms with Gasteiger partial charge in [-0.2, -0.15) is 11.8 Å². The minimum absolute atomic E-state index is 0.562. The molecular weight excluding hydrogens is 248 g/mol. The number of nitrogens with one attached hydrogen (secondary N) is 1. The molecule has 0 amide bonds. The average molecular weight is 266 g/mol. The minimum Gasteiger partial charge on any atom is -0.388 e. The van der Waals surface area contributed by atoms with E-state index in [0.29, 0.717) is 13.1 Å².